The molecule has 1 aromatic carbocycles. The van der Waals surface area contributed by atoms with E-state index in [4.69, 9.17) is 0 Å². The molecule has 1 aliphatic heterocycles. The van der Waals surface area contributed by atoms with Crippen molar-refractivity contribution in [2.45, 2.75) is 31.8 Å². The van der Waals surface area contributed by atoms with E-state index in [2.05, 4.69) is 33.0 Å². The van der Waals surface area contributed by atoms with Gasteiger partial charge in [0.15, 0.2) is 0 Å². The molecule has 94 valence electrons. The SMILES string of the molecule is O[C@@H](Cc1ccc(Br)cc1)CN1CCCCC1. The molecular formula is C14H20BrNO. The van der Waals surface area contributed by atoms with Gasteiger partial charge in [0.05, 0.1) is 6.10 Å². The third-order valence-corrected chi connectivity index (χ3v) is 3.83. The lowest BCUT2D eigenvalue weighted by molar-refractivity contribution is 0.101. The van der Waals surface area contributed by atoms with Gasteiger partial charge in [0, 0.05) is 11.0 Å². The summed E-state index contributed by atoms with van der Waals surface area (Å²) in [6.45, 7) is 3.12. The third-order valence-electron chi connectivity index (χ3n) is 3.30. The van der Waals surface area contributed by atoms with Crippen molar-refractivity contribution in [2.24, 2.45) is 0 Å². The maximum atomic E-state index is 10.1. The molecule has 0 aromatic heterocycles. The zero-order valence-corrected chi connectivity index (χ0v) is 11.7. The van der Waals surface area contributed by atoms with Gasteiger partial charge in [-0.25, -0.2) is 0 Å². The van der Waals surface area contributed by atoms with Gasteiger partial charge in [-0.1, -0.05) is 34.5 Å². The molecule has 0 radical (unpaired) electrons. The van der Waals surface area contributed by atoms with E-state index in [1.54, 1.807) is 0 Å². The summed E-state index contributed by atoms with van der Waals surface area (Å²) in [4.78, 5) is 2.38. The third kappa shape index (κ3) is 4.41. The van der Waals surface area contributed by atoms with Gasteiger partial charge in [-0.15, -0.1) is 0 Å². The summed E-state index contributed by atoms with van der Waals surface area (Å²) in [5, 5.41) is 10.1. The summed E-state index contributed by atoms with van der Waals surface area (Å²) in [7, 11) is 0. The Hall–Kier alpha value is -0.380. The van der Waals surface area contributed by atoms with Crippen molar-refractivity contribution in [3.05, 3.63) is 34.3 Å². The molecule has 0 aliphatic carbocycles. The minimum Gasteiger partial charge on any atom is -0.391 e. The van der Waals surface area contributed by atoms with Crippen molar-refractivity contribution in [2.75, 3.05) is 19.6 Å². The predicted molar refractivity (Wildman–Crippen MR) is 74.1 cm³/mol. The minimum atomic E-state index is -0.241. The highest BCUT2D eigenvalue weighted by Crippen LogP contribution is 2.13. The number of halogens is 1. The highest BCUT2D eigenvalue weighted by molar-refractivity contribution is 9.10. The molecule has 1 N–H and O–H groups in total. The summed E-state index contributed by atoms with van der Waals surface area (Å²) in [6, 6.07) is 8.21. The van der Waals surface area contributed by atoms with E-state index in [0.29, 0.717) is 0 Å². The number of hydrogen-bond donors (Lipinski definition) is 1. The van der Waals surface area contributed by atoms with Gasteiger partial charge in [-0.2, -0.15) is 0 Å². The summed E-state index contributed by atoms with van der Waals surface area (Å²) in [5.74, 6) is 0. The van der Waals surface area contributed by atoms with Crippen LogP contribution in [0.25, 0.3) is 0 Å². The van der Waals surface area contributed by atoms with Crippen LogP contribution >= 0.6 is 15.9 Å². The number of likely N-dealkylation sites (tertiary alicyclic amines) is 1. The zero-order chi connectivity index (χ0) is 12.1. The maximum Gasteiger partial charge on any atom is 0.0707 e. The Labute approximate surface area is 112 Å². The fourth-order valence-corrected chi connectivity index (χ4v) is 2.66. The smallest absolute Gasteiger partial charge is 0.0707 e. The number of rotatable bonds is 4. The van der Waals surface area contributed by atoms with Crippen LogP contribution in [0, 0.1) is 0 Å². The molecule has 0 amide bonds. The molecule has 1 fully saturated rings. The predicted octanol–water partition coefficient (Wildman–Crippen LogP) is 2.84. The number of β-amino-alcohol motifs (C(OH)–C–C–N with tert-alkyl or cyclic N) is 1. The molecule has 3 heteroatoms. The van der Waals surface area contributed by atoms with Crippen LogP contribution in [0.5, 0.6) is 0 Å². The number of aliphatic hydroxyl groups excluding tert-OH is 1. The second kappa shape index (κ2) is 6.53. The summed E-state index contributed by atoms with van der Waals surface area (Å²) < 4.78 is 1.09. The largest absolute Gasteiger partial charge is 0.391 e. The molecule has 2 rings (SSSR count). The van der Waals surface area contributed by atoms with E-state index in [1.807, 2.05) is 12.1 Å². The van der Waals surface area contributed by atoms with Gasteiger partial charge in [0.2, 0.25) is 0 Å². The topological polar surface area (TPSA) is 23.5 Å². The lowest BCUT2D eigenvalue weighted by atomic mass is 10.1. The first-order valence-electron chi connectivity index (χ1n) is 6.39. The molecule has 1 heterocycles. The first-order valence-corrected chi connectivity index (χ1v) is 7.18. The van der Waals surface area contributed by atoms with Crippen molar-refractivity contribution in [3.63, 3.8) is 0 Å². The second-order valence-electron chi connectivity index (χ2n) is 4.85. The first kappa shape index (κ1) is 13.1. The van der Waals surface area contributed by atoms with Crippen molar-refractivity contribution in [1.29, 1.82) is 0 Å². The Morgan fingerprint density at radius 3 is 2.41 bits per heavy atom. The number of nitrogens with zero attached hydrogens (tertiary/aromatic N) is 1. The normalized spacial score (nSPS) is 19.2. The molecule has 2 nitrogen and oxygen atoms in total. The zero-order valence-electron chi connectivity index (χ0n) is 10.1. The Kier molecular flexibility index (Phi) is 5.01. The van der Waals surface area contributed by atoms with Gasteiger partial charge < -0.3 is 10.0 Å². The molecule has 1 saturated heterocycles. The summed E-state index contributed by atoms with van der Waals surface area (Å²) >= 11 is 3.42. The van der Waals surface area contributed by atoms with Crippen LogP contribution in [0.15, 0.2) is 28.7 Å². The average molecular weight is 298 g/mol. The molecule has 0 unspecified atom stereocenters. The lowest BCUT2D eigenvalue weighted by Gasteiger charge is -2.28. The molecule has 1 atom stereocenters. The van der Waals surface area contributed by atoms with Gasteiger partial charge in [-0.05, 0) is 50.0 Å². The van der Waals surface area contributed by atoms with Gasteiger partial charge in [-0.3, -0.25) is 0 Å². The molecule has 0 bridgehead atoms. The number of piperidine rings is 1. The molecule has 0 saturated carbocycles. The van der Waals surface area contributed by atoms with Crippen LogP contribution in [0.4, 0.5) is 0 Å². The van der Waals surface area contributed by atoms with E-state index < -0.39 is 0 Å². The molecular weight excluding hydrogens is 278 g/mol. The van der Waals surface area contributed by atoms with Crippen LogP contribution in [0.3, 0.4) is 0 Å². The van der Waals surface area contributed by atoms with Gasteiger partial charge >= 0.3 is 0 Å². The standard InChI is InChI=1S/C14H20BrNO/c15-13-6-4-12(5-7-13)10-14(17)11-16-8-2-1-3-9-16/h4-7,14,17H,1-3,8-11H2/t14-/m0/s1. The Morgan fingerprint density at radius 1 is 1.12 bits per heavy atom. The number of benzene rings is 1. The highest BCUT2D eigenvalue weighted by Gasteiger charge is 2.14. The lowest BCUT2D eigenvalue weighted by Crippen LogP contribution is -2.37. The molecule has 0 spiro atoms. The van der Waals surface area contributed by atoms with E-state index in [9.17, 15) is 5.11 Å². The van der Waals surface area contributed by atoms with Crippen molar-refractivity contribution in [1.82, 2.24) is 4.90 Å². The Balaban J connectivity index is 1.79. The fraction of sp³-hybridized carbons (Fsp3) is 0.571. The van der Waals surface area contributed by atoms with Gasteiger partial charge in [0.1, 0.15) is 0 Å². The highest BCUT2D eigenvalue weighted by atomic mass is 79.9. The van der Waals surface area contributed by atoms with Crippen LogP contribution in [0.1, 0.15) is 24.8 Å². The second-order valence-corrected chi connectivity index (χ2v) is 5.76. The van der Waals surface area contributed by atoms with Crippen LogP contribution in [0.2, 0.25) is 0 Å². The quantitative estimate of drug-likeness (QED) is 0.924. The summed E-state index contributed by atoms with van der Waals surface area (Å²) in [5.41, 5.74) is 1.21. The fourth-order valence-electron chi connectivity index (χ4n) is 2.40. The van der Waals surface area contributed by atoms with Crippen LogP contribution in [-0.2, 0) is 6.42 Å². The van der Waals surface area contributed by atoms with Crippen molar-refractivity contribution in [3.8, 4) is 0 Å². The number of hydrogen-bond acceptors (Lipinski definition) is 2. The monoisotopic (exact) mass is 297 g/mol. The van der Waals surface area contributed by atoms with E-state index in [1.165, 1.54) is 24.8 Å². The van der Waals surface area contributed by atoms with Crippen molar-refractivity contribution < 1.29 is 5.11 Å². The maximum absolute atomic E-state index is 10.1. The van der Waals surface area contributed by atoms with E-state index in [0.717, 1.165) is 30.5 Å². The van der Waals surface area contributed by atoms with Gasteiger partial charge in [0.25, 0.3) is 0 Å². The minimum absolute atomic E-state index is 0.241. The molecule has 1 aliphatic rings. The van der Waals surface area contributed by atoms with Crippen molar-refractivity contribution >= 4 is 15.9 Å². The average Bonchev–Trinajstić information content (AvgIpc) is 2.33. The van der Waals surface area contributed by atoms with Crippen LogP contribution in [-0.4, -0.2) is 35.7 Å². The first-order chi connectivity index (χ1) is 8.24. The summed E-state index contributed by atoms with van der Waals surface area (Å²) in [6.07, 6.45) is 4.42. The Bertz CT molecular complexity index is 333. The number of aliphatic hydroxyl groups is 1. The van der Waals surface area contributed by atoms with Crippen LogP contribution < -0.4 is 0 Å². The molecule has 1 aromatic rings. The Morgan fingerprint density at radius 2 is 1.76 bits per heavy atom. The van der Waals surface area contributed by atoms with E-state index in [-0.39, 0.29) is 6.10 Å². The van der Waals surface area contributed by atoms with E-state index >= 15 is 0 Å². The molecule has 17 heavy (non-hydrogen) atoms.